The molecule has 0 bridgehead atoms. The van der Waals surface area contributed by atoms with Crippen LogP contribution in [-0.2, 0) is 9.59 Å². The summed E-state index contributed by atoms with van der Waals surface area (Å²) in [5, 5.41) is 12.1. The first-order valence-electron chi connectivity index (χ1n) is 7.32. The van der Waals surface area contributed by atoms with Gasteiger partial charge in [0.2, 0.25) is 5.91 Å². The van der Waals surface area contributed by atoms with Crippen LogP contribution in [0.25, 0.3) is 0 Å². The molecule has 0 aliphatic heterocycles. The predicted molar refractivity (Wildman–Crippen MR) is 74.8 cm³/mol. The zero-order valence-electron chi connectivity index (χ0n) is 12.6. The fourth-order valence-corrected chi connectivity index (χ4v) is 3.03. The number of amides is 1. The molecule has 2 N–H and O–H groups in total. The van der Waals surface area contributed by atoms with Crippen LogP contribution in [0.1, 0.15) is 66.2 Å². The lowest BCUT2D eigenvalue weighted by Gasteiger charge is -2.34. The summed E-state index contributed by atoms with van der Waals surface area (Å²) in [6.45, 7) is 7.61. The van der Waals surface area contributed by atoms with E-state index in [9.17, 15) is 14.7 Å². The highest BCUT2D eigenvalue weighted by Gasteiger charge is 2.45. The van der Waals surface area contributed by atoms with Crippen LogP contribution in [0.4, 0.5) is 0 Å². The molecule has 0 aromatic rings. The maximum Gasteiger partial charge on any atom is 0.329 e. The Balaban J connectivity index is 2.86. The molecule has 0 aromatic heterocycles. The van der Waals surface area contributed by atoms with Crippen LogP contribution in [0.15, 0.2) is 0 Å². The van der Waals surface area contributed by atoms with Gasteiger partial charge in [-0.15, -0.1) is 0 Å². The predicted octanol–water partition coefficient (Wildman–Crippen LogP) is 2.96. The van der Waals surface area contributed by atoms with Gasteiger partial charge < -0.3 is 10.4 Å². The first-order valence-corrected chi connectivity index (χ1v) is 7.32. The van der Waals surface area contributed by atoms with Gasteiger partial charge in [-0.3, -0.25) is 4.79 Å². The highest BCUT2D eigenvalue weighted by Crippen LogP contribution is 2.43. The van der Waals surface area contributed by atoms with Crippen molar-refractivity contribution in [3.63, 3.8) is 0 Å². The Hall–Kier alpha value is -1.06. The summed E-state index contributed by atoms with van der Waals surface area (Å²) in [6.07, 6.45) is 5.14. The minimum absolute atomic E-state index is 0.0644. The second-order valence-corrected chi connectivity index (χ2v) is 6.53. The molecule has 1 unspecified atom stereocenters. The van der Waals surface area contributed by atoms with E-state index in [1.165, 1.54) is 0 Å². The minimum atomic E-state index is -1.15. The van der Waals surface area contributed by atoms with Crippen molar-refractivity contribution in [3.8, 4) is 0 Å². The third-order valence-corrected chi connectivity index (χ3v) is 4.41. The van der Waals surface area contributed by atoms with E-state index in [0.717, 1.165) is 32.1 Å². The summed E-state index contributed by atoms with van der Waals surface area (Å²) in [5.41, 5.74) is -1.50. The SMILES string of the molecule is CCC(C)(NC(=O)C1(CC(C)C)CCCC1)C(=O)O. The summed E-state index contributed by atoms with van der Waals surface area (Å²) < 4.78 is 0. The summed E-state index contributed by atoms with van der Waals surface area (Å²) >= 11 is 0. The molecule has 4 heteroatoms. The van der Waals surface area contributed by atoms with Crippen molar-refractivity contribution in [2.45, 2.75) is 71.8 Å². The van der Waals surface area contributed by atoms with Crippen molar-refractivity contribution < 1.29 is 14.7 Å². The quantitative estimate of drug-likeness (QED) is 0.779. The van der Waals surface area contributed by atoms with Gasteiger partial charge in [0.25, 0.3) is 0 Å². The number of carboxylic acids is 1. The lowest BCUT2D eigenvalue weighted by Crippen LogP contribution is -2.55. The molecule has 4 nitrogen and oxygen atoms in total. The van der Waals surface area contributed by atoms with Gasteiger partial charge >= 0.3 is 5.97 Å². The highest BCUT2D eigenvalue weighted by molar-refractivity contribution is 5.89. The highest BCUT2D eigenvalue weighted by atomic mass is 16.4. The number of hydrogen-bond acceptors (Lipinski definition) is 2. The molecule has 1 saturated carbocycles. The first kappa shape index (κ1) is 16.0. The average molecular weight is 269 g/mol. The molecule has 0 radical (unpaired) electrons. The number of rotatable bonds is 6. The number of carbonyl (C=O) groups excluding carboxylic acids is 1. The van der Waals surface area contributed by atoms with E-state index in [1.807, 2.05) is 0 Å². The molecular formula is C15H27NO3. The molecule has 1 fully saturated rings. The zero-order valence-corrected chi connectivity index (χ0v) is 12.6. The minimum Gasteiger partial charge on any atom is -0.480 e. The van der Waals surface area contributed by atoms with Crippen LogP contribution in [0, 0.1) is 11.3 Å². The fourth-order valence-electron chi connectivity index (χ4n) is 3.03. The van der Waals surface area contributed by atoms with E-state index in [2.05, 4.69) is 19.2 Å². The van der Waals surface area contributed by atoms with Crippen LogP contribution in [-0.4, -0.2) is 22.5 Å². The fraction of sp³-hybridized carbons (Fsp3) is 0.867. The van der Waals surface area contributed by atoms with Gasteiger partial charge in [-0.25, -0.2) is 4.79 Å². The maximum atomic E-state index is 12.6. The second kappa shape index (κ2) is 5.93. The van der Waals surface area contributed by atoms with Gasteiger partial charge in [-0.05, 0) is 38.5 Å². The van der Waals surface area contributed by atoms with Crippen molar-refractivity contribution in [2.24, 2.45) is 11.3 Å². The third kappa shape index (κ3) is 3.48. The standard InChI is InChI=1S/C15H27NO3/c1-5-14(4,13(18)19)16-12(17)15(10-11(2)3)8-6-7-9-15/h11H,5-10H2,1-4H3,(H,16,17)(H,18,19). The van der Waals surface area contributed by atoms with E-state index >= 15 is 0 Å². The van der Waals surface area contributed by atoms with E-state index in [4.69, 9.17) is 0 Å². The van der Waals surface area contributed by atoms with Gasteiger partial charge in [0.05, 0.1) is 0 Å². The molecule has 1 amide bonds. The van der Waals surface area contributed by atoms with Gasteiger partial charge in [0, 0.05) is 5.41 Å². The molecule has 1 atom stereocenters. The van der Waals surface area contributed by atoms with Gasteiger partial charge in [0.1, 0.15) is 5.54 Å². The average Bonchev–Trinajstić information content (AvgIpc) is 2.77. The molecule has 19 heavy (non-hydrogen) atoms. The van der Waals surface area contributed by atoms with Crippen LogP contribution in [0.2, 0.25) is 0 Å². The topological polar surface area (TPSA) is 66.4 Å². The number of aliphatic carboxylic acids is 1. The largest absolute Gasteiger partial charge is 0.480 e. The molecular weight excluding hydrogens is 242 g/mol. The Morgan fingerprint density at radius 3 is 2.21 bits per heavy atom. The Bertz CT molecular complexity index is 345. The Morgan fingerprint density at radius 1 is 1.32 bits per heavy atom. The van der Waals surface area contributed by atoms with Crippen LogP contribution < -0.4 is 5.32 Å². The van der Waals surface area contributed by atoms with Crippen LogP contribution >= 0.6 is 0 Å². The van der Waals surface area contributed by atoms with Crippen LogP contribution in [0.5, 0.6) is 0 Å². The second-order valence-electron chi connectivity index (χ2n) is 6.53. The molecule has 1 aliphatic rings. The summed E-state index contributed by atoms with van der Waals surface area (Å²) in [4.78, 5) is 23.9. The van der Waals surface area contributed by atoms with Crippen LogP contribution in [0.3, 0.4) is 0 Å². The molecule has 1 aliphatic carbocycles. The first-order chi connectivity index (χ1) is 8.76. The normalized spacial score (nSPS) is 21.1. The third-order valence-electron chi connectivity index (χ3n) is 4.41. The zero-order chi connectivity index (χ0) is 14.7. The monoisotopic (exact) mass is 269 g/mol. The lowest BCUT2D eigenvalue weighted by molar-refractivity contribution is -0.149. The van der Waals surface area contributed by atoms with Crippen molar-refractivity contribution in [3.05, 3.63) is 0 Å². The maximum absolute atomic E-state index is 12.6. The Morgan fingerprint density at radius 2 is 1.84 bits per heavy atom. The molecule has 0 heterocycles. The molecule has 1 rings (SSSR count). The number of carboxylic acid groups (broad SMARTS) is 1. The Labute approximate surface area is 116 Å². The van der Waals surface area contributed by atoms with E-state index in [0.29, 0.717) is 12.3 Å². The summed E-state index contributed by atoms with van der Waals surface area (Å²) in [7, 11) is 0. The van der Waals surface area contributed by atoms with Gasteiger partial charge in [0.15, 0.2) is 0 Å². The Kier molecular flexibility index (Phi) is 4.99. The van der Waals surface area contributed by atoms with Crippen molar-refractivity contribution in [1.82, 2.24) is 5.32 Å². The molecule has 0 aromatic carbocycles. The van der Waals surface area contributed by atoms with Gasteiger partial charge in [-0.2, -0.15) is 0 Å². The molecule has 0 saturated heterocycles. The number of nitrogens with one attached hydrogen (secondary N) is 1. The number of hydrogen-bond donors (Lipinski definition) is 2. The molecule has 110 valence electrons. The van der Waals surface area contributed by atoms with Gasteiger partial charge in [-0.1, -0.05) is 33.6 Å². The summed E-state index contributed by atoms with van der Waals surface area (Å²) in [6, 6.07) is 0. The van der Waals surface area contributed by atoms with E-state index in [-0.39, 0.29) is 11.3 Å². The van der Waals surface area contributed by atoms with E-state index in [1.54, 1.807) is 13.8 Å². The lowest BCUT2D eigenvalue weighted by atomic mass is 9.77. The summed E-state index contributed by atoms with van der Waals surface area (Å²) in [5.74, 6) is -0.576. The number of carbonyl (C=O) groups is 2. The molecule has 0 spiro atoms. The van der Waals surface area contributed by atoms with Crippen molar-refractivity contribution in [1.29, 1.82) is 0 Å². The smallest absolute Gasteiger partial charge is 0.329 e. The van der Waals surface area contributed by atoms with Crippen molar-refractivity contribution in [2.75, 3.05) is 0 Å². The van der Waals surface area contributed by atoms with E-state index < -0.39 is 11.5 Å². The van der Waals surface area contributed by atoms with Crippen molar-refractivity contribution >= 4 is 11.9 Å².